The summed E-state index contributed by atoms with van der Waals surface area (Å²) in [5.41, 5.74) is 2.40. The normalized spacial score (nSPS) is 25.4. The van der Waals surface area contributed by atoms with Crippen LogP contribution >= 0.6 is 0 Å². The van der Waals surface area contributed by atoms with Crippen molar-refractivity contribution in [3.8, 4) is 5.75 Å². The third-order valence-electron chi connectivity index (χ3n) is 8.07. The van der Waals surface area contributed by atoms with Gasteiger partial charge in [0.15, 0.2) is 17.9 Å². The number of hydrogen-bond donors (Lipinski definition) is 0. The molecule has 0 radical (unpaired) electrons. The molecular formula is C32H31N2O3+. The molecular weight excluding hydrogens is 460 g/mol. The Morgan fingerprint density at radius 1 is 0.973 bits per heavy atom. The number of aromatic nitrogens is 1. The van der Waals surface area contributed by atoms with Gasteiger partial charge in [-0.15, -0.1) is 11.2 Å². The van der Waals surface area contributed by atoms with Crippen molar-refractivity contribution >= 4 is 16.9 Å². The van der Waals surface area contributed by atoms with Crippen molar-refractivity contribution in [2.45, 2.75) is 25.0 Å². The molecule has 4 heterocycles. The first-order valence-electron chi connectivity index (χ1n) is 13.0. The molecule has 37 heavy (non-hydrogen) atoms. The first-order chi connectivity index (χ1) is 18.2. The summed E-state index contributed by atoms with van der Waals surface area (Å²) in [6.45, 7) is 5.80. The van der Waals surface area contributed by atoms with Crippen molar-refractivity contribution in [1.29, 1.82) is 0 Å². The van der Waals surface area contributed by atoms with E-state index in [1.54, 1.807) is 12.1 Å². The molecule has 2 bridgehead atoms. The van der Waals surface area contributed by atoms with Crippen LogP contribution in [0.2, 0.25) is 0 Å². The number of hydroxylamine groups is 3. The second kappa shape index (κ2) is 9.83. The van der Waals surface area contributed by atoms with Gasteiger partial charge in [0, 0.05) is 35.9 Å². The number of fused-ring (bicyclic) bond motifs is 4. The summed E-state index contributed by atoms with van der Waals surface area (Å²) >= 11 is 0. The molecule has 186 valence electrons. The van der Waals surface area contributed by atoms with Crippen LogP contribution in [0.15, 0.2) is 110 Å². The highest BCUT2D eigenvalue weighted by Crippen LogP contribution is 2.48. The highest BCUT2D eigenvalue weighted by molar-refractivity contribution is 5.90. The largest absolute Gasteiger partial charge is 0.447 e. The average Bonchev–Trinajstić information content (AvgIpc) is 2.96. The molecule has 3 aliphatic rings. The number of rotatable bonds is 7. The molecule has 3 saturated heterocycles. The van der Waals surface area contributed by atoms with Gasteiger partial charge in [-0.1, -0.05) is 60.7 Å². The van der Waals surface area contributed by atoms with E-state index in [4.69, 9.17) is 9.57 Å². The Hall–Kier alpha value is -3.96. The molecule has 0 amide bonds. The average molecular weight is 492 g/mol. The molecule has 3 fully saturated rings. The summed E-state index contributed by atoms with van der Waals surface area (Å²) in [6, 6.07) is 29.2. The van der Waals surface area contributed by atoms with Crippen LogP contribution in [0.1, 0.15) is 34.9 Å². The third kappa shape index (κ3) is 4.40. The van der Waals surface area contributed by atoms with Gasteiger partial charge < -0.3 is 9.57 Å². The lowest BCUT2D eigenvalue weighted by atomic mass is 9.73. The van der Waals surface area contributed by atoms with Crippen molar-refractivity contribution in [3.63, 3.8) is 0 Å². The zero-order chi connectivity index (χ0) is 25.2. The van der Waals surface area contributed by atoms with Gasteiger partial charge in [0.2, 0.25) is 0 Å². The SMILES string of the molecule is C=CC1C[N+]2(Oc3ccccc3)CCC1CC2C(OC(=O)c1ccccc1)c1ccnc2ccccc12. The molecule has 3 aliphatic heterocycles. The molecule has 5 nitrogen and oxygen atoms in total. The van der Waals surface area contributed by atoms with E-state index in [0.29, 0.717) is 22.0 Å². The zero-order valence-electron chi connectivity index (χ0n) is 20.8. The minimum Gasteiger partial charge on any atom is -0.447 e. The standard InChI is InChI=1S/C32H31N2O3/c1-2-23-22-34(37-26-13-7-4-8-14-26)20-18-25(23)21-30(34)31(36-32(35)24-11-5-3-6-12-24)28-17-19-33-29-16-10-9-15-27(28)29/h2-17,19,23,25,30-31H,1,18,20-22H2/q+1. The lowest BCUT2D eigenvalue weighted by Gasteiger charge is -2.55. The minimum absolute atomic E-state index is 0.0753. The van der Waals surface area contributed by atoms with Crippen molar-refractivity contribution in [1.82, 2.24) is 4.98 Å². The van der Waals surface area contributed by atoms with Crippen LogP contribution in [0.3, 0.4) is 0 Å². The minimum atomic E-state index is -0.502. The lowest BCUT2D eigenvalue weighted by Crippen LogP contribution is -2.70. The van der Waals surface area contributed by atoms with E-state index < -0.39 is 6.10 Å². The van der Waals surface area contributed by atoms with Gasteiger partial charge in [-0.25, -0.2) is 4.79 Å². The molecule has 5 unspecified atom stereocenters. The number of para-hydroxylation sites is 2. The van der Waals surface area contributed by atoms with E-state index in [9.17, 15) is 4.79 Å². The number of hydrogen-bond acceptors (Lipinski definition) is 4. The van der Waals surface area contributed by atoms with Crippen molar-refractivity contribution in [2.75, 3.05) is 13.1 Å². The first kappa shape index (κ1) is 23.4. The van der Waals surface area contributed by atoms with Gasteiger partial charge >= 0.3 is 5.97 Å². The van der Waals surface area contributed by atoms with Gasteiger partial charge in [-0.05, 0) is 42.3 Å². The van der Waals surface area contributed by atoms with Gasteiger partial charge in [0.1, 0.15) is 13.1 Å². The summed E-state index contributed by atoms with van der Waals surface area (Å²) in [5, 5.41) is 0.997. The zero-order valence-corrected chi connectivity index (χ0v) is 20.8. The van der Waals surface area contributed by atoms with E-state index in [2.05, 4.69) is 23.7 Å². The van der Waals surface area contributed by atoms with Crippen molar-refractivity contribution < 1.29 is 19.0 Å². The van der Waals surface area contributed by atoms with Crippen LogP contribution in [-0.4, -0.2) is 34.7 Å². The fourth-order valence-electron chi connectivity index (χ4n) is 6.24. The third-order valence-corrected chi connectivity index (χ3v) is 8.07. The van der Waals surface area contributed by atoms with Gasteiger partial charge in [-0.3, -0.25) is 4.98 Å². The molecule has 0 saturated carbocycles. The van der Waals surface area contributed by atoms with Crippen LogP contribution in [0.25, 0.3) is 10.9 Å². The van der Waals surface area contributed by atoms with Crippen molar-refractivity contribution in [2.24, 2.45) is 11.8 Å². The van der Waals surface area contributed by atoms with Crippen LogP contribution in [0.5, 0.6) is 5.75 Å². The predicted octanol–water partition coefficient (Wildman–Crippen LogP) is 6.54. The summed E-state index contributed by atoms with van der Waals surface area (Å²) < 4.78 is 6.87. The number of ether oxygens (including phenoxy) is 1. The predicted molar refractivity (Wildman–Crippen MR) is 144 cm³/mol. The molecule has 0 N–H and O–H groups in total. The highest BCUT2D eigenvalue weighted by atomic mass is 16.7. The number of quaternary nitrogens is 1. The Morgan fingerprint density at radius 2 is 1.70 bits per heavy atom. The monoisotopic (exact) mass is 491 g/mol. The summed E-state index contributed by atoms with van der Waals surface area (Å²) in [7, 11) is 0. The Labute approximate surface area is 217 Å². The first-order valence-corrected chi connectivity index (χ1v) is 13.0. The maximum absolute atomic E-state index is 13.5. The highest BCUT2D eigenvalue weighted by Gasteiger charge is 2.58. The number of benzene rings is 3. The molecule has 4 aromatic rings. The molecule has 0 spiro atoms. The maximum atomic E-state index is 13.5. The Morgan fingerprint density at radius 3 is 2.49 bits per heavy atom. The molecule has 5 heteroatoms. The number of nitrogens with zero attached hydrogens (tertiary/aromatic N) is 2. The van der Waals surface area contributed by atoms with Crippen molar-refractivity contribution in [3.05, 3.63) is 121 Å². The van der Waals surface area contributed by atoms with Crippen LogP contribution in [0, 0.1) is 11.8 Å². The Kier molecular flexibility index (Phi) is 6.23. The van der Waals surface area contributed by atoms with E-state index in [1.165, 1.54) is 0 Å². The van der Waals surface area contributed by atoms with E-state index >= 15 is 0 Å². The smallest absolute Gasteiger partial charge is 0.338 e. The van der Waals surface area contributed by atoms with Crippen LogP contribution < -0.4 is 4.84 Å². The molecule has 0 aliphatic carbocycles. The summed E-state index contributed by atoms with van der Waals surface area (Å²) in [5.74, 6) is 1.33. The second-order valence-electron chi connectivity index (χ2n) is 10.1. The number of carbonyl (C=O) groups excluding carboxylic acids is 1. The number of piperidine rings is 3. The summed E-state index contributed by atoms with van der Waals surface area (Å²) in [6.07, 6.45) is 5.32. The maximum Gasteiger partial charge on any atom is 0.338 e. The van der Waals surface area contributed by atoms with Crippen LogP contribution in [-0.2, 0) is 4.74 Å². The van der Waals surface area contributed by atoms with E-state index in [-0.39, 0.29) is 12.0 Å². The molecule has 5 atom stereocenters. The van der Waals surface area contributed by atoms with E-state index in [0.717, 1.165) is 48.1 Å². The second-order valence-corrected chi connectivity index (χ2v) is 10.1. The topological polar surface area (TPSA) is 48.4 Å². The fourth-order valence-corrected chi connectivity index (χ4v) is 6.24. The number of carbonyl (C=O) groups is 1. The quantitative estimate of drug-likeness (QED) is 0.167. The fraction of sp³-hybridized carbons (Fsp3) is 0.250. The number of pyridine rings is 1. The van der Waals surface area contributed by atoms with Gasteiger partial charge in [0.25, 0.3) is 0 Å². The van der Waals surface area contributed by atoms with Gasteiger partial charge in [0.05, 0.1) is 11.1 Å². The van der Waals surface area contributed by atoms with Crippen LogP contribution in [0.4, 0.5) is 0 Å². The molecule has 3 aromatic carbocycles. The van der Waals surface area contributed by atoms with Gasteiger partial charge in [-0.2, -0.15) is 0 Å². The summed E-state index contributed by atoms with van der Waals surface area (Å²) in [4.78, 5) is 24.9. The van der Waals surface area contributed by atoms with E-state index in [1.807, 2.05) is 79.0 Å². The molecule has 1 aromatic heterocycles. The number of esters is 1. The Balaban J connectivity index is 1.47. The lowest BCUT2D eigenvalue weighted by molar-refractivity contribution is -1.11. The Bertz CT molecular complexity index is 1400. The molecule has 7 rings (SSSR count).